The fourth-order valence-electron chi connectivity index (χ4n) is 2.69. The van der Waals surface area contributed by atoms with Gasteiger partial charge in [-0.1, -0.05) is 24.6 Å². The van der Waals surface area contributed by atoms with Crippen LogP contribution in [0.25, 0.3) is 5.03 Å². The molecule has 1 aliphatic carbocycles. The number of aromatic nitrogens is 2. The minimum atomic E-state index is -0.792. The van der Waals surface area contributed by atoms with Crippen molar-refractivity contribution in [2.45, 2.75) is 32.8 Å². The number of hydrogen-bond acceptors (Lipinski definition) is 5. The molecule has 2 aromatic rings. The van der Waals surface area contributed by atoms with Crippen molar-refractivity contribution in [2.24, 2.45) is 0 Å². The van der Waals surface area contributed by atoms with Gasteiger partial charge in [-0.2, -0.15) is 15.2 Å². The van der Waals surface area contributed by atoms with Crippen molar-refractivity contribution in [1.82, 2.24) is 9.97 Å². The normalized spacial score (nSPS) is 14.3. The summed E-state index contributed by atoms with van der Waals surface area (Å²) in [6, 6.07) is 8.95. The SMILES string of the molecule is CCC1=C(Cl)c2c(nc(Oc3cccc(C#N)c3)nc2C(C)O)C1. The van der Waals surface area contributed by atoms with Gasteiger partial charge < -0.3 is 9.84 Å². The van der Waals surface area contributed by atoms with Crippen LogP contribution in [0, 0.1) is 11.3 Å². The summed E-state index contributed by atoms with van der Waals surface area (Å²) in [4.78, 5) is 8.77. The van der Waals surface area contributed by atoms with Crippen molar-refractivity contribution in [2.75, 3.05) is 0 Å². The van der Waals surface area contributed by atoms with Crippen LogP contribution in [0.1, 0.15) is 48.9 Å². The van der Waals surface area contributed by atoms with E-state index in [0.717, 1.165) is 17.7 Å². The zero-order valence-electron chi connectivity index (χ0n) is 13.4. The second-order valence-corrected chi connectivity index (χ2v) is 5.96. The first-order valence-electron chi connectivity index (χ1n) is 7.68. The Morgan fingerprint density at radius 1 is 1.42 bits per heavy atom. The molecule has 0 amide bonds. The zero-order chi connectivity index (χ0) is 17.3. The van der Waals surface area contributed by atoms with E-state index in [1.54, 1.807) is 31.2 Å². The van der Waals surface area contributed by atoms with E-state index >= 15 is 0 Å². The Balaban J connectivity index is 2.01. The van der Waals surface area contributed by atoms with Crippen LogP contribution in [-0.4, -0.2) is 15.1 Å². The number of benzene rings is 1. The van der Waals surface area contributed by atoms with E-state index < -0.39 is 6.10 Å². The number of allylic oxidation sites excluding steroid dienone is 1. The molecule has 1 aromatic heterocycles. The number of hydrogen-bond donors (Lipinski definition) is 1. The lowest BCUT2D eigenvalue weighted by Crippen LogP contribution is -2.06. The maximum atomic E-state index is 10.1. The fraction of sp³-hybridized carbons (Fsp3) is 0.278. The first-order chi connectivity index (χ1) is 11.5. The Labute approximate surface area is 145 Å². The molecule has 0 bridgehead atoms. The van der Waals surface area contributed by atoms with E-state index in [-0.39, 0.29) is 6.01 Å². The van der Waals surface area contributed by atoms with Crippen molar-refractivity contribution in [3.63, 3.8) is 0 Å². The van der Waals surface area contributed by atoms with E-state index in [0.29, 0.717) is 34.0 Å². The molecular weight excluding hydrogens is 326 g/mol. The van der Waals surface area contributed by atoms with Crippen LogP contribution in [0.5, 0.6) is 11.8 Å². The maximum absolute atomic E-state index is 10.1. The molecule has 1 aromatic carbocycles. The number of rotatable bonds is 4. The smallest absolute Gasteiger partial charge is 0.322 e. The lowest BCUT2D eigenvalue weighted by molar-refractivity contribution is 0.192. The second-order valence-electron chi connectivity index (χ2n) is 5.58. The van der Waals surface area contributed by atoms with Gasteiger partial charge >= 0.3 is 6.01 Å². The van der Waals surface area contributed by atoms with Gasteiger partial charge in [0.15, 0.2) is 0 Å². The molecule has 6 heteroatoms. The standard InChI is InChI=1S/C18H16ClN3O2/c1-3-12-8-14-15(16(12)19)17(10(2)23)22-18(21-14)24-13-6-4-5-11(7-13)9-20/h4-7,10,23H,3,8H2,1-2H3. The second kappa shape index (κ2) is 6.60. The summed E-state index contributed by atoms with van der Waals surface area (Å²) in [6.07, 6.45) is 0.649. The molecule has 1 unspecified atom stereocenters. The Morgan fingerprint density at radius 3 is 2.88 bits per heavy atom. The van der Waals surface area contributed by atoms with Crippen LogP contribution in [0.4, 0.5) is 0 Å². The molecule has 1 N–H and O–H groups in total. The molecule has 0 aliphatic heterocycles. The monoisotopic (exact) mass is 341 g/mol. The van der Waals surface area contributed by atoms with Crippen LogP contribution in [-0.2, 0) is 6.42 Å². The minimum absolute atomic E-state index is 0.140. The fourth-order valence-corrected chi connectivity index (χ4v) is 3.10. The van der Waals surface area contributed by atoms with Crippen LogP contribution in [0.2, 0.25) is 0 Å². The number of nitrogens with zero attached hydrogens (tertiary/aromatic N) is 3. The molecule has 0 saturated heterocycles. The van der Waals surface area contributed by atoms with Crippen LogP contribution in [0.3, 0.4) is 0 Å². The van der Waals surface area contributed by atoms with Gasteiger partial charge in [-0.05, 0) is 37.1 Å². The topological polar surface area (TPSA) is 79.0 Å². The molecule has 0 spiro atoms. The summed E-state index contributed by atoms with van der Waals surface area (Å²) in [7, 11) is 0. The third kappa shape index (κ3) is 2.99. The summed E-state index contributed by atoms with van der Waals surface area (Å²) in [5.74, 6) is 0.471. The van der Waals surface area contributed by atoms with E-state index in [1.807, 2.05) is 6.92 Å². The highest BCUT2D eigenvalue weighted by atomic mass is 35.5. The molecule has 1 aliphatic rings. The summed E-state index contributed by atoms with van der Waals surface area (Å²) < 4.78 is 5.70. The third-order valence-electron chi connectivity index (χ3n) is 3.90. The van der Waals surface area contributed by atoms with Crippen molar-refractivity contribution in [1.29, 1.82) is 5.26 Å². The number of ether oxygens (including phenoxy) is 1. The van der Waals surface area contributed by atoms with E-state index in [2.05, 4.69) is 16.0 Å². The maximum Gasteiger partial charge on any atom is 0.322 e. The molecule has 5 nitrogen and oxygen atoms in total. The summed E-state index contributed by atoms with van der Waals surface area (Å²) in [6.45, 7) is 3.67. The predicted octanol–water partition coefficient (Wildman–Crippen LogP) is 4.11. The van der Waals surface area contributed by atoms with E-state index in [1.165, 1.54) is 0 Å². The van der Waals surface area contributed by atoms with Gasteiger partial charge in [0.25, 0.3) is 0 Å². The molecule has 0 saturated carbocycles. The van der Waals surface area contributed by atoms with E-state index in [4.69, 9.17) is 21.6 Å². The lowest BCUT2D eigenvalue weighted by atomic mass is 10.1. The lowest BCUT2D eigenvalue weighted by Gasteiger charge is -2.13. The first-order valence-corrected chi connectivity index (χ1v) is 8.06. The van der Waals surface area contributed by atoms with Crippen LogP contribution >= 0.6 is 11.6 Å². The number of halogens is 1. The molecule has 0 fully saturated rings. The van der Waals surface area contributed by atoms with Crippen molar-refractivity contribution >= 4 is 16.6 Å². The van der Waals surface area contributed by atoms with Crippen molar-refractivity contribution < 1.29 is 9.84 Å². The third-order valence-corrected chi connectivity index (χ3v) is 4.35. The summed E-state index contributed by atoms with van der Waals surface area (Å²) >= 11 is 6.42. The molecular formula is C18H16ClN3O2. The molecule has 3 rings (SSSR count). The summed E-state index contributed by atoms with van der Waals surface area (Å²) in [5, 5.41) is 19.7. The van der Waals surface area contributed by atoms with Gasteiger partial charge in [0.1, 0.15) is 5.75 Å². The Kier molecular flexibility index (Phi) is 4.52. The summed E-state index contributed by atoms with van der Waals surface area (Å²) in [5.41, 5.74) is 3.49. The zero-order valence-corrected chi connectivity index (χ0v) is 14.1. The van der Waals surface area contributed by atoms with Gasteiger partial charge in [-0.15, -0.1) is 0 Å². The molecule has 0 radical (unpaired) electrons. The van der Waals surface area contributed by atoms with Gasteiger partial charge in [0.05, 0.1) is 34.2 Å². The molecule has 1 heterocycles. The minimum Gasteiger partial charge on any atom is -0.424 e. The van der Waals surface area contributed by atoms with Crippen molar-refractivity contribution in [3.8, 4) is 17.8 Å². The van der Waals surface area contributed by atoms with Crippen LogP contribution < -0.4 is 4.74 Å². The molecule has 122 valence electrons. The Morgan fingerprint density at radius 2 is 2.21 bits per heavy atom. The molecule has 1 atom stereocenters. The molecule has 24 heavy (non-hydrogen) atoms. The average molecular weight is 342 g/mol. The number of aliphatic hydroxyl groups is 1. The van der Waals surface area contributed by atoms with Gasteiger partial charge in [-0.25, -0.2) is 0 Å². The highest BCUT2D eigenvalue weighted by Crippen LogP contribution is 2.40. The number of fused-ring (bicyclic) bond motifs is 1. The number of aliphatic hydroxyl groups excluding tert-OH is 1. The number of nitriles is 1. The van der Waals surface area contributed by atoms with Gasteiger partial charge in [0.2, 0.25) is 0 Å². The van der Waals surface area contributed by atoms with E-state index in [9.17, 15) is 5.11 Å². The van der Waals surface area contributed by atoms with Crippen LogP contribution in [0.15, 0.2) is 29.8 Å². The van der Waals surface area contributed by atoms with Gasteiger partial charge in [0, 0.05) is 12.0 Å². The first kappa shape index (κ1) is 16.4. The largest absolute Gasteiger partial charge is 0.424 e. The Bertz CT molecular complexity index is 869. The predicted molar refractivity (Wildman–Crippen MR) is 90.7 cm³/mol. The average Bonchev–Trinajstić information content (AvgIpc) is 2.90. The van der Waals surface area contributed by atoms with Crippen molar-refractivity contribution in [3.05, 3.63) is 52.4 Å². The quantitative estimate of drug-likeness (QED) is 0.905. The highest BCUT2D eigenvalue weighted by molar-refractivity contribution is 6.50. The highest BCUT2D eigenvalue weighted by Gasteiger charge is 2.28. The van der Waals surface area contributed by atoms with Gasteiger partial charge in [-0.3, -0.25) is 0 Å². The Hall–Kier alpha value is -2.42.